The molecule has 0 aromatic carbocycles. The molecule has 0 bridgehead atoms. The molecule has 2 N–H and O–H groups in total. The number of allylic oxidation sites excluding steroid dienone is 1. The van der Waals surface area contributed by atoms with Crippen LogP contribution in [0.25, 0.3) is 0 Å². The van der Waals surface area contributed by atoms with Gasteiger partial charge in [-0.15, -0.1) is 12.6 Å². The van der Waals surface area contributed by atoms with Crippen molar-refractivity contribution in [1.82, 2.24) is 0 Å². The first-order chi connectivity index (χ1) is 5.07. The molecule has 1 nitrogen and oxygen atoms in total. The van der Waals surface area contributed by atoms with Crippen LogP contribution < -0.4 is 5.73 Å². The fourth-order valence-electron chi connectivity index (χ4n) is 0.838. The molecular weight excluding hydrogens is 165 g/mol. The molecule has 0 spiro atoms. The Balaban J connectivity index is 4.96. The number of hydrogen-bond acceptors (Lipinski definition) is 2. The van der Waals surface area contributed by atoms with Crippen LogP contribution in [0.2, 0.25) is 0 Å². The zero-order valence-corrected chi connectivity index (χ0v) is 9.92. The molecule has 0 aromatic rings. The van der Waals surface area contributed by atoms with E-state index in [4.69, 9.17) is 5.73 Å². The molecule has 0 unspecified atom stereocenters. The van der Waals surface area contributed by atoms with Crippen molar-refractivity contribution in [2.45, 2.75) is 40.2 Å². The van der Waals surface area contributed by atoms with Crippen molar-refractivity contribution < 1.29 is 0 Å². The van der Waals surface area contributed by atoms with Crippen LogP contribution in [0.4, 0.5) is 0 Å². The van der Waals surface area contributed by atoms with Crippen molar-refractivity contribution >= 4 is 20.5 Å². The summed E-state index contributed by atoms with van der Waals surface area (Å²) in [7, 11) is 2.09. The second-order valence-corrected chi connectivity index (χ2v) is 5.39. The zero-order valence-electron chi connectivity index (χ0n) is 9.02. The van der Waals surface area contributed by atoms with Crippen LogP contribution >= 0.6 is 12.6 Å². The van der Waals surface area contributed by atoms with E-state index in [1.165, 1.54) is 5.47 Å². The van der Waals surface area contributed by atoms with E-state index in [2.05, 4.69) is 41.2 Å². The lowest BCUT2D eigenvalue weighted by atomic mass is 9.72. The first-order valence-electron chi connectivity index (χ1n) is 4.26. The highest BCUT2D eigenvalue weighted by Gasteiger charge is 2.22. The Labute approximate surface area is 82.6 Å². The fourth-order valence-corrected chi connectivity index (χ4v) is 1.17. The number of hydrogen-bond donors (Lipinski definition) is 2. The summed E-state index contributed by atoms with van der Waals surface area (Å²) in [5.74, 6) is 0. The summed E-state index contributed by atoms with van der Waals surface area (Å²) in [6.45, 7) is 10.5. The molecule has 0 amide bonds. The lowest BCUT2D eigenvalue weighted by Crippen LogP contribution is -2.34. The van der Waals surface area contributed by atoms with Gasteiger partial charge in [-0.1, -0.05) is 26.2 Å². The van der Waals surface area contributed by atoms with Gasteiger partial charge in [-0.25, -0.2) is 0 Å². The van der Waals surface area contributed by atoms with E-state index in [1.54, 1.807) is 0 Å². The molecule has 70 valence electrons. The third-order valence-electron chi connectivity index (χ3n) is 2.09. The smallest absolute Gasteiger partial charge is 0.135 e. The van der Waals surface area contributed by atoms with Crippen molar-refractivity contribution in [3.8, 4) is 0 Å². The molecule has 0 rings (SSSR count). The summed E-state index contributed by atoms with van der Waals surface area (Å²) in [5, 5.41) is 0. The minimum Gasteiger partial charge on any atom is -0.321 e. The third kappa shape index (κ3) is 3.24. The highest BCUT2D eigenvalue weighted by atomic mass is 32.1. The van der Waals surface area contributed by atoms with Gasteiger partial charge in [0.1, 0.15) is 7.85 Å². The standard InChI is InChI=1S/C9H20BNS/c1-8(2,3)6(10)7(12)9(4,5)11/h12H,10-11H2,1-5H3/b7-6-. The summed E-state index contributed by atoms with van der Waals surface area (Å²) in [4.78, 5) is 0.995. The topological polar surface area (TPSA) is 26.0 Å². The van der Waals surface area contributed by atoms with Gasteiger partial charge in [-0.3, -0.25) is 0 Å². The van der Waals surface area contributed by atoms with Gasteiger partial charge in [-0.05, 0) is 24.2 Å². The first kappa shape index (κ1) is 12.1. The van der Waals surface area contributed by atoms with E-state index in [0.717, 1.165) is 4.91 Å². The summed E-state index contributed by atoms with van der Waals surface area (Å²) in [6, 6.07) is 0. The van der Waals surface area contributed by atoms with Crippen LogP contribution in [0, 0.1) is 5.41 Å². The van der Waals surface area contributed by atoms with Crippen molar-refractivity contribution in [3.05, 3.63) is 10.4 Å². The lowest BCUT2D eigenvalue weighted by Gasteiger charge is -2.28. The van der Waals surface area contributed by atoms with Gasteiger partial charge in [0.25, 0.3) is 0 Å². The summed E-state index contributed by atoms with van der Waals surface area (Å²) in [5.41, 5.74) is 7.05. The van der Waals surface area contributed by atoms with Gasteiger partial charge in [0, 0.05) is 5.54 Å². The maximum atomic E-state index is 5.94. The molecule has 0 aromatic heterocycles. The largest absolute Gasteiger partial charge is 0.321 e. The van der Waals surface area contributed by atoms with Crippen molar-refractivity contribution in [3.63, 3.8) is 0 Å². The molecule has 0 fully saturated rings. The summed E-state index contributed by atoms with van der Waals surface area (Å²) < 4.78 is 0. The highest BCUT2D eigenvalue weighted by molar-refractivity contribution is 7.84. The van der Waals surface area contributed by atoms with Crippen LogP contribution in [0.1, 0.15) is 34.6 Å². The Hall–Kier alpha value is 0.115. The van der Waals surface area contributed by atoms with Crippen LogP contribution in [-0.2, 0) is 0 Å². The Morgan fingerprint density at radius 2 is 1.50 bits per heavy atom. The van der Waals surface area contributed by atoms with E-state index in [1.807, 2.05) is 13.8 Å². The Kier molecular flexibility index (Phi) is 3.50. The van der Waals surface area contributed by atoms with Crippen molar-refractivity contribution in [2.75, 3.05) is 0 Å². The SMILES string of the molecule is B/C(=C(\S)C(C)(C)N)C(C)(C)C. The fraction of sp³-hybridized carbons (Fsp3) is 0.778. The van der Waals surface area contributed by atoms with Gasteiger partial charge >= 0.3 is 0 Å². The highest BCUT2D eigenvalue weighted by Crippen LogP contribution is 2.30. The van der Waals surface area contributed by atoms with Crippen LogP contribution in [-0.4, -0.2) is 13.4 Å². The van der Waals surface area contributed by atoms with Crippen LogP contribution in [0.3, 0.4) is 0 Å². The van der Waals surface area contributed by atoms with E-state index in [0.29, 0.717) is 0 Å². The van der Waals surface area contributed by atoms with Gasteiger partial charge in [0.2, 0.25) is 0 Å². The quantitative estimate of drug-likeness (QED) is 0.470. The predicted octanol–water partition coefficient (Wildman–Crippen LogP) is 1.54. The zero-order chi connectivity index (χ0) is 10.2. The molecule has 0 saturated carbocycles. The van der Waals surface area contributed by atoms with Gasteiger partial charge in [0.15, 0.2) is 0 Å². The maximum absolute atomic E-state index is 5.94. The third-order valence-corrected chi connectivity index (χ3v) is 3.00. The average molecular weight is 185 g/mol. The summed E-state index contributed by atoms with van der Waals surface area (Å²) in [6.07, 6.45) is 0. The normalized spacial score (nSPS) is 15.9. The molecule has 12 heavy (non-hydrogen) atoms. The lowest BCUT2D eigenvalue weighted by molar-refractivity contribution is 0.514. The number of nitrogens with two attached hydrogens (primary N) is 1. The molecule has 0 saturated heterocycles. The summed E-state index contributed by atoms with van der Waals surface area (Å²) >= 11 is 4.45. The van der Waals surface area contributed by atoms with Gasteiger partial charge in [-0.2, -0.15) is 0 Å². The molecule has 0 heterocycles. The predicted molar refractivity (Wildman–Crippen MR) is 62.3 cm³/mol. The average Bonchev–Trinajstić information content (AvgIpc) is 1.80. The Morgan fingerprint density at radius 3 is 1.58 bits per heavy atom. The van der Waals surface area contributed by atoms with Crippen molar-refractivity contribution in [1.29, 1.82) is 0 Å². The van der Waals surface area contributed by atoms with E-state index >= 15 is 0 Å². The molecule has 0 aliphatic rings. The van der Waals surface area contributed by atoms with E-state index in [-0.39, 0.29) is 11.0 Å². The Morgan fingerprint density at radius 1 is 1.17 bits per heavy atom. The molecular formula is C9H20BNS. The molecule has 0 aliphatic heterocycles. The number of thiol groups is 1. The van der Waals surface area contributed by atoms with E-state index in [9.17, 15) is 0 Å². The second-order valence-electron chi connectivity index (χ2n) is 4.95. The van der Waals surface area contributed by atoms with Crippen LogP contribution in [0.5, 0.6) is 0 Å². The molecule has 0 atom stereocenters. The van der Waals surface area contributed by atoms with E-state index < -0.39 is 0 Å². The van der Waals surface area contributed by atoms with Crippen molar-refractivity contribution in [2.24, 2.45) is 11.1 Å². The maximum Gasteiger partial charge on any atom is 0.135 e. The van der Waals surface area contributed by atoms with Crippen LogP contribution in [0.15, 0.2) is 10.4 Å². The first-order valence-corrected chi connectivity index (χ1v) is 4.71. The van der Waals surface area contributed by atoms with Gasteiger partial charge in [0.05, 0.1) is 0 Å². The Bertz CT molecular complexity index is 174. The molecule has 3 heteroatoms. The minimum absolute atomic E-state index is 0.160. The minimum atomic E-state index is -0.319. The monoisotopic (exact) mass is 185 g/mol. The molecule has 0 aliphatic carbocycles. The van der Waals surface area contributed by atoms with Gasteiger partial charge < -0.3 is 5.73 Å². The number of rotatable bonds is 1. The molecule has 0 radical (unpaired) electrons. The second kappa shape index (κ2) is 3.47.